The van der Waals surface area contributed by atoms with E-state index in [0.29, 0.717) is 18.8 Å². The van der Waals surface area contributed by atoms with Crippen molar-refractivity contribution in [3.8, 4) is 5.88 Å². The van der Waals surface area contributed by atoms with Crippen LogP contribution in [0.3, 0.4) is 0 Å². The van der Waals surface area contributed by atoms with Crippen molar-refractivity contribution < 1.29 is 9.66 Å². The summed E-state index contributed by atoms with van der Waals surface area (Å²) in [7, 11) is 3.30. The lowest BCUT2D eigenvalue weighted by atomic mass is 10.3. The second kappa shape index (κ2) is 6.00. The van der Waals surface area contributed by atoms with E-state index >= 15 is 0 Å². The van der Waals surface area contributed by atoms with Crippen LogP contribution in [0.25, 0.3) is 0 Å². The van der Waals surface area contributed by atoms with Crippen molar-refractivity contribution in [2.75, 3.05) is 19.0 Å². The molecule has 0 aromatic carbocycles. The molecule has 20 heavy (non-hydrogen) atoms. The smallest absolute Gasteiger partial charge is 0.311 e. The second-order valence-electron chi connectivity index (χ2n) is 4.14. The molecule has 0 aliphatic rings. The van der Waals surface area contributed by atoms with Gasteiger partial charge in [0.15, 0.2) is 0 Å². The van der Waals surface area contributed by atoms with Gasteiger partial charge in [-0.2, -0.15) is 10.1 Å². The Morgan fingerprint density at radius 1 is 1.45 bits per heavy atom. The van der Waals surface area contributed by atoms with Crippen LogP contribution in [-0.2, 0) is 13.5 Å². The lowest BCUT2D eigenvalue weighted by Gasteiger charge is -2.06. The molecule has 2 aromatic rings. The highest BCUT2D eigenvalue weighted by molar-refractivity contribution is 5.57. The molecule has 1 N–H and O–H groups in total. The molecule has 0 spiro atoms. The zero-order valence-electron chi connectivity index (χ0n) is 11.2. The number of hydrogen-bond acceptors (Lipinski definition) is 6. The normalized spacial score (nSPS) is 10.3. The fourth-order valence-corrected chi connectivity index (χ4v) is 1.73. The fourth-order valence-electron chi connectivity index (χ4n) is 1.73. The zero-order valence-corrected chi connectivity index (χ0v) is 11.2. The number of ether oxygens (including phenoxy) is 1. The summed E-state index contributed by atoms with van der Waals surface area (Å²) >= 11 is 0. The third-order valence-electron chi connectivity index (χ3n) is 2.70. The molecule has 0 aliphatic carbocycles. The third kappa shape index (κ3) is 3.22. The Labute approximate surface area is 115 Å². The molecular weight excluding hydrogens is 262 g/mol. The van der Waals surface area contributed by atoms with Crippen LogP contribution in [0.5, 0.6) is 5.88 Å². The quantitative estimate of drug-likeness (QED) is 0.633. The van der Waals surface area contributed by atoms with Gasteiger partial charge in [0.1, 0.15) is 0 Å². The second-order valence-corrected chi connectivity index (χ2v) is 4.14. The molecule has 0 saturated carbocycles. The lowest BCUT2D eigenvalue weighted by molar-refractivity contribution is -0.384. The Balaban J connectivity index is 2.05. The van der Waals surface area contributed by atoms with Crippen molar-refractivity contribution >= 4 is 11.5 Å². The number of hydrogen-bond donors (Lipinski definition) is 1. The first-order valence-corrected chi connectivity index (χ1v) is 6.02. The highest BCUT2D eigenvalue weighted by Crippen LogP contribution is 2.24. The zero-order chi connectivity index (χ0) is 14.5. The minimum atomic E-state index is -0.477. The largest absolute Gasteiger partial charge is 0.481 e. The van der Waals surface area contributed by atoms with E-state index in [1.165, 1.54) is 19.2 Å². The third-order valence-corrected chi connectivity index (χ3v) is 2.70. The molecule has 2 aromatic heterocycles. The number of rotatable bonds is 6. The van der Waals surface area contributed by atoms with Crippen LogP contribution in [0.2, 0.25) is 0 Å². The van der Waals surface area contributed by atoms with Crippen LogP contribution in [0.4, 0.5) is 11.5 Å². The first-order valence-electron chi connectivity index (χ1n) is 6.02. The van der Waals surface area contributed by atoms with Gasteiger partial charge in [-0.15, -0.1) is 0 Å². The van der Waals surface area contributed by atoms with Crippen LogP contribution in [-0.4, -0.2) is 33.3 Å². The van der Waals surface area contributed by atoms with Crippen LogP contribution in [0.15, 0.2) is 24.4 Å². The van der Waals surface area contributed by atoms with E-state index in [4.69, 9.17) is 4.74 Å². The molecule has 8 heteroatoms. The standard InChI is InChI=1S/C12H15N5O3/c1-16-8-6-9(15-16)5-7-13-12-10(17(18)19)3-4-11(14-12)20-2/h3-4,6,8H,5,7H2,1-2H3,(H,13,14). The number of nitrogens with zero attached hydrogens (tertiary/aromatic N) is 4. The van der Waals surface area contributed by atoms with Crippen LogP contribution in [0.1, 0.15) is 5.69 Å². The Hall–Kier alpha value is -2.64. The Morgan fingerprint density at radius 2 is 2.25 bits per heavy atom. The molecular formula is C12H15N5O3. The van der Waals surface area contributed by atoms with Gasteiger partial charge in [-0.1, -0.05) is 0 Å². The number of pyridine rings is 1. The minimum absolute atomic E-state index is 0.0770. The highest BCUT2D eigenvalue weighted by atomic mass is 16.6. The maximum absolute atomic E-state index is 10.9. The van der Waals surface area contributed by atoms with E-state index in [9.17, 15) is 10.1 Å². The average Bonchev–Trinajstić information content (AvgIpc) is 2.84. The van der Waals surface area contributed by atoms with Gasteiger partial charge in [-0.3, -0.25) is 14.8 Å². The van der Waals surface area contributed by atoms with E-state index in [2.05, 4.69) is 15.4 Å². The van der Waals surface area contributed by atoms with E-state index in [1.54, 1.807) is 4.68 Å². The molecule has 2 heterocycles. The minimum Gasteiger partial charge on any atom is -0.481 e. The Morgan fingerprint density at radius 3 is 2.85 bits per heavy atom. The van der Waals surface area contributed by atoms with Crippen LogP contribution >= 0.6 is 0 Å². The van der Waals surface area contributed by atoms with E-state index in [-0.39, 0.29) is 11.5 Å². The number of methoxy groups -OCH3 is 1. The molecule has 0 amide bonds. The predicted octanol–water partition coefficient (Wildman–Crippen LogP) is 1.39. The molecule has 8 nitrogen and oxygen atoms in total. The predicted molar refractivity (Wildman–Crippen MR) is 72.8 cm³/mol. The number of nitro groups is 1. The topological polar surface area (TPSA) is 95.1 Å². The van der Waals surface area contributed by atoms with Crippen molar-refractivity contribution in [2.24, 2.45) is 7.05 Å². The van der Waals surface area contributed by atoms with E-state index in [1.807, 2.05) is 19.3 Å². The molecule has 106 valence electrons. The summed E-state index contributed by atoms with van der Waals surface area (Å²) in [4.78, 5) is 14.5. The van der Waals surface area contributed by atoms with Gasteiger partial charge in [0.05, 0.1) is 17.7 Å². The SMILES string of the molecule is COc1ccc([N+](=O)[O-])c(NCCc2ccn(C)n2)n1. The first-order chi connectivity index (χ1) is 9.60. The summed E-state index contributed by atoms with van der Waals surface area (Å²) in [6.45, 7) is 0.498. The monoisotopic (exact) mass is 277 g/mol. The number of nitrogens with one attached hydrogen (secondary N) is 1. The summed E-state index contributed by atoms with van der Waals surface area (Å²) in [6.07, 6.45) is 2.50. The molecule has 0 unspecified atom stereocenters. The van der Waals surface area contributed by atoms with Gasteiger partial charge in [0.25, 0.3) is 0 Å². The molecule has 0 aliphatic heterocycles. The number of anilines is 1. The lowest BCUT2D eigenvalue weighted by Crippen LogP contribution is -2.09. The van der Waals surface area contributed by atoms with Crippen molar-refractivity contribution in [2.45, 2.75) is 6.42 Å². The van der Waals surface area contributed by atoms with Crippen LogP contribution < -0.4 is 10.1 Å². The van der Waals surface area contributed by atoms with Crippen molar-refractivity contribution in [1.82, 2.24) is 14.8 Å². The summed E-state index contributed by atoms with van der Waals surface area (Å²) in [5.41, 5.74) is 0.831. The fraction of sp³-hybridized carbons (Fsp3) is 0.333. The Bertz CT molecular complexity index is 611. The van der Waals surface area contributed by atoms with Gasteiger partial charge in [0.2, 0.25) is 11.7 Å². The van der Waals surface area contributed by atoms with E-state index in [0.717, 1.165) is 5.69 Å². The highest BCUT2D eigenvalue weighted by Gasteiger charge is 2.16. The van der Waals surface area contributed by atoms with Crippen molar-refractivity contribution in [3.63, 3.8) is 0 Å². The summed E-state index contributed by atoms with van der Waals surface area (Å²) < 4.78 is 6.68. The molecule has 0 atom stereocenters. The molecule has 0 bridgehead atoms. The molecule has 2 rings (SSSR count). The van der Waals surface area contributed by atoms with Gasteiger partial charge in [-0.05, 0) is 6.07 Å². The summed E-state index contributed by atoms with van der Waals surface area (Å²) in [5.74, 6) is 0.529. The van der Waals surface area contributed by atoms with Crippen LogP contribution in [0, 0.1) is 10.1 Å². The summed E-state index contributed by atoms with van der Waals surface area (Å²) in [5, 5.41) is 18.1. The van der Waals surface area contributed by atoms with Gasteiger partial charge in [-0.25, -0.2) is 0 Å². The van der Waals surface area contributed by atoms with Gasteiger partial charge >= 0.3 is 5.69 Å². The Kier molecular flexibility index (Phi) is 4.14. The summed E-state index contributed by atoms with van der Waals surface area (Å²) in [6, 6.07) is 4.73. The maximum atomic E-state index is 10.9. The average molecular weight is 277 g/mol. The number of aromatic nitrogens is 3. The number of aryl methyl sites for hydroxylation is 1. The van der Waals surface area contributed by atoms with Gasteiger partial charge in [0, 0.05) is 38.3 Å². The van der Waals surface area contributed by atoms with Gasteiger partial charge < -0.3 is 10.1 Å². The first kappa shape index (κ1) is 13.8. The molecule has 0 radical (unpaired) electrons. The van der Waals surface area contributed by atoms with Crippen molar-refractivity contribution in [3.05, 3.63) is 40.2 Å². The maximum Gasteiger partial charge on any atom is 0.311 e. The van der Waals surface area contributed by atoms with E-state index < -0.39 is 4.92 Å². The van der Waals surface area contributed by atoms with Crippen molar-refractivity contribution in [1.29, 1.82) is 0 Å². The molecule has 0 saturated heterocycles. The molecule has 0 fully saturated rings.